The van der Waals surface area contributed by atoms with Crippen molar-refractivity contribution in [2.45, 2.75) is 43.7 Å². The van der Waals surface area contributed by atoms with Crippen LogP contribution in [0.2, 0.25) is 0 Å². The lowest BCUT2D eigenvalue weighted by atomic mass is 10.0. The Balaban J connectivity index is 2.38. The summed E-state index contributed by atoms with van der Waals surface area (Å²) in [7, 11) is -4.09. The molecule has 1 aliphatic rings. The molecule has 2 heterocycles. The second-order valence-electron chi connectivity index (χ2n) is 6.38. The first-order valence-electron chi connectivity index (χ1n) is 7.96. The first kappa shape index (κ1) is 17.9. The van der Waals surface area contributed by atoms with Crippen LogP contribution in [-0.4, -0.2) is 31.6 Å². The predicted octanol–water partition coefficient (Wildman–Crippen LogP) is 3.14. The molecule has 3 rings (SSSR count). The summed E-state index contributed by atoms with van der Waals surface area (Å²) in [6.45, 7) is 4.12. The summed E-state index contributed by atoms with van der Waals surface area (Å²) >= 11 is 1.40. The smallest absolute Gasteiger partial charge is 0.335 e. The van der Waals surface area contributed by atoms with Crippen molar-refractivity contribution in [2.24, 2.45) is 5.14 Å². The summed E-state index contributed by atoms with van der Waals surface area (Å²) in [6, 6.07) is 6.74. The molecule has 0 amide bonds. The molecule has 6 nitrogen and oxygen atoms in total. The normalized spacial score (nSPS) is 20.8. The number of anilines is 1. The number of carboxylic acid groups (broad SMARTS) is 1. The number of benzene rings is 1. The Bertz CT molecular complexity index is 897. The number of thiophene rings is 1. The second-order valence-corrected chi connectivity index (χ2v) is 8.86. The molecule has 3 N–H and O–H groups in total. The summed E-state index contributed by atoms with van der Waals surface area (Å²) in [5.74, 6) is -1.18. The van der Waals surface area contributed by atoms with E-state index in [9.17, 15) is 18.3 Å². The van der Waals surface area contributed by atoms with Crippen LogP contribution in [-0.2, 0) is 10.0 Å². The minimum absolute atomic E-state index is 0.0781. The van der Waals surface area contributed by atoms with Gasteiger partial charge in [0, 0.05) is 28.2 Å². The molecule has 25 heavy (non-hydrogen) atoms. The molecular weight excluding hydrogens is 360 g/mol. The van der Waals surface area contributed by atoms with Gasteiger partial charge in [-0.1, -0.05) is 6.07 Å². The van der Waals surface area contributed by atoms with E-state index in [0.717, 1.165) is 23.8 Å². The van der Waals surface area contributed by atoms with Crippen molar-refractivity contribution in [3.8, 4) is 10.4 Å². The topological polar surface area (TPSA) is 101 Å². The number of aromatic carboxylic acids is 1. The highest BCUT2D eigenvalue weighted by Crippen LogP contribution is 2.43. The van der Waals surface area contributed by atoms with Crippen molar-refractivity contribution in [1.82, 2.24) is 0 Å². The summed E-state index contributed by atoms with van der Waals surface area (Å²) in [4.78, 5) is 14.3. The molecule has 1 fully saturated rings. The van der Waals surface area contributed by atoms with Gasteiger partial charge in [-0.25, -0.2) is 18.4 Å². The summed E-state index contributed by atoms with van der Waals surface area (Å²) < 4.78 is 24.4. The number of sulfonamides is 1. The van der Waals surface area contributed by atoms with E-state index in [4.69, 9.17) is 5.14 Å². The Hall–Kier alpha value is -1.90. The molecule has 2 unspecified atom stereocenters. The summed E-state index contributed by atoms with van der Waals surface area (Å²) in [6.07, 6.45) is 1.93. The molecule has 1 saturated heterocycles. The van der Waals surface area contributed by atoms with E-state index in [0.29, 0.717) is 11.3 Å². The number of nitrogens with two attached hydrogens (primary N) is 1. The lowest BCUT2D eigenvalue weighted by Crippen LogP contribution is -2.33. The maximum absolute atomic E-state index is 12.2. The maximum Gasteiger partial charge on any atom is 0.335 e. The van der Waals surface area contributed by atoms with Crippen LogP contribution < -0.4 is 10.0 Å². The van der Waals surface area contributed by atoms with Crippen molar-refractivity contribution in [2.75, 3.05) is 4.90 Å². The van der Waals surface area contributed by atoms with Crippen LogP contribution in [0.4, 0.5) is 5.69 Å². The van der Waals surface area contributed by atoms with E-state index in [1.165, 1.54) is 11.3 Å². The van der Waals surface area contributed by atoms with Crippen LogP contribution in [0.1, 0.15) is 37.0 Å². The fraction of sp³-hybridized carbons (Fsp3) is 0.353. The second kappa shape index (κ2) is 6.44. The van der Waals surface area contributed by atoms with Crippen LogP contribution in [0.25, 0.3) is 10.4 Å². The van der Waals surface area contributed by atoms with E-state index in [-0.39, 0.29) is 22.5 Å². The van der Waals surface area contributed by atoms with Crippen LogP contribution in [0.3, 0.4) is 0 Å². The minimum Gasteiger partial charge on any atom is -0.478 e. The summed E-state index contributed by atoms with van der Waals surface area (Å²) in [5.41, 5.74) is 1.03. The molecular formula is C17H20N2O4S2. The van der Waals surface area contributed by atoms with E-state index in [1.54, 1.807) is 6.07 Å². The van der Waals surface area contributed by atoms with E-state index in [1.807, 2.05) is 17.5 Å². The molecule has 1 aromatic heterocycles. The molecule has 1 aromatic carbocycles. The van der Waals surface area contributed by atoms with E-state index in [2.05, 4.69) is 18.7 Å². The van der Waals surface area contributed by atoms with Gasteiger partial charge in [0.2, 0.25) is 10.0 Å². The van der Waals surface area contributed by atoms with Crippen molar-refractivity contribution >= 4 is 33.0 Å². The third kappa shape index (κ3) is 3.29. The Morgan fingerprint density at radius 1 is 1.28 bits per heavy atom. The highest BCUT2D eigenvalue weighted by Gasteiger charge is 2.33. The lowest BCUT2D eigenvalue weighted by molar-refractivity contribution is 0.0696. The number of primary sulfonamides is 1. The third-order valence-electron chi connectivity index (χ3n) is 4.63. The Morgan fingerprint density at radius 2 is 1.92 bits per heavy atom. The Kier molecular flexibility index (Phi) is 4.61. The quantitative estimate of drug-likeness (QED) is 0.849. The van der Waals surface area contributed by atoms with Gasteiger partial charge in [0.05, 0.1) is 10.5 Å². The van der Waals surface area contributed by atoms with Gasteiger partial charge in [-0.05, 0) is 50.3 Å². The van der Waals surface area contributed by atoms with E-state index >= 15 is 0 Å². The van der Waals surface area contributed by atoms with Crippen molar-refractivity contribution in [1.29, 1.82) is 0 Å². The number of carbonyl (C=O) groups is 1. The molecule has 0 saturated carbocycles. The molecule has 8 heteroatoms. The molecule has 0 radical (unpaired) electrons. The highest BCUT2D eigenvalue weighted by atomic mass is 32.2. The molecule has 2 atom stereocenters. The molecule has 0 bridgehead atoms. The predicted molar refractivity (Wildman–Crippen MR) is 98.7 cm³/mol. The van der Waals surface area contributed by atoms with Crippen molar-refractivity contribution < 1.29 is 18.3 Å². The van der Waals surface area contributed by atoms with Gasteiger partial charge < -0.3 is 10.0 Å². The van der Waals surface area contributed by atoms with Crippen LogP contribution in [0.15, 0.2) is 34.5 Å². The zero-order valence-electron chi connectivity index (χ0n) is 14.0. The SMILES string of the molecule is CC1CCC(C)N1c1cc(C(=O)O)cc(S(N)(=O)=O)c1-c1cccs1. The Morgan fingerprint density at radius 3 is 2.40 bits per heavy atom. The fourth-order valence-corrected chi connectivity index (χ4v) is 5.14. The monoisotopic (exact) mass is 380 g/mol. The highest BCUT2D eigenvalue weighted by molar-refractivity contribution is 7.89. The first-order chi connectivity index (χ1) is 11.7. The molecule has 0 aliphatic carbocycles. The van der Waals surface area contributed by atoms with Gasteiger partial charge in [0.1, 0.15) is 0 Å². The molecule has 1 aliphatic heterocycles. The number of hydrogen-bond donors (Lipinski definition) is 2. The fourth-order valence-electron chi connectivity index (χ4n) is 3.49. The average Bonchev–Trinajstić information content (AvgIpc) is 3.15. The number of nitrogens with zero attached hydrogens (tertiary/aromatic N) is 1. The zero-order valence-corrected chi connectivity index (χ0v) is 15.6. The van der Waals surface area contributed by atoms with Crippen molar-refractivity contribution in [3.63, 3.8) is 0 Å². The number of rotatable bonds is 4. The van der Waals surface area contributed by atoms with Gasteiger partial charge in [-0.15, -0.1) is 11.3 Å². The van der Waals surface area contributed by atoms with Crippen LogP contribution in [0.5, 0.6) is 0 Å². The van der Waals surface area contributed by atoms with Gasteiger partial charge in [0.25, 0.3) is 0 Å². The van der Waals surface area contributed by atoms with Gasteiger partial charge in [0.15, 0.2) is 0 Å². The largest absolute Gasteiger partial charge is 0.478 e. The summed E-state index contributed by atoms with van der Waals surface area (Å²) in [5, 5.41) is 16.7. The lowest BCUT2D eigenvalue weighted by Gasteiger charge is -2.31. The standard InChI is InChI=1S/C17H20N2O4S2/c1-10-5-6-11(2)19(10)13-8-12(17(20)21)9-15(25(18,22)23)16(13)14-4-3-7-24-14/h3-4,7-11H,5-6H2,1-2H3,(H,20,21)(H2,18,22,23). The average molecular weight is 380 g/mol. The zero-order chi connectivity index (χ0) is 18.4. The first-order valence-corrected chi connectivity index (χ1v) is 10.4. The number of hydrogen-bond acceptors (Lipinski definition) is 5. The van der Waals surface area contributed by atoms with Crippen LogP contribution in [0, 0.1) is 0 Å². The third-order valence-corrected chi connectivity index (χ3v) is 6.45. The van der Waals surface area contributed by atoms with Gasteiger partial charge in [-0.2, -0.15) is 0 Å². The molecule has 134 valence electrons. The minimum atomic E-state index is -4.09. The maximum atomic E-state index is 12.2. The molecule has 2 aromatic rings. The molecule has 0 spiro atoms. The van der Waals surface area contributed by atoms with Gasteiger partial charge >= 0.3 is 5.97 Å². The Labute approximate surface area is 150 Å². The van der Waals surface area contributed by atoms with E-state index < -0.39 is 16.0 Å². The van der Waals surface area contributed by atoms with Crippen LogP contribution >= 0.6 is 11.3 Å². The van der Waals surface area contributed by atoms with Gasteiger partial charge in [-0.3, -0.25) is 0 Å². The van der Waals surface area contributed by atoms with Crippen molar-refractivity contribution in [3.05, 3.63) is 35.2 Å². The number of carboxylic acids is 1.